The van der Waals surface area contributed by atoms with E-state index in [9.17, 15) is 8.42 Å². The number of halogens is 2. The molecule has 0 atom stereocenters. The van der Waals surface area contributed by atoms with Crippen LogP contribution in [0.15, 0.2) is 44.4 Å². The van der Waals surface area contributed by atoms with Crippen molar-refractivity contribution >= 4 is 47.6 Å². The number of hydrogen-bond acceptors (Lipinski definition) is 3. The van der Waals surface area contributed by atoms with Crippen molar-refractivity contribution in [2.75, 3.05) is 4.72 Å². The van der Waals surface area contributed by atoms with Crippen molar-refractivity contribution in [1.82, 2.24) is 9.78 Å². The molecular weight excluding hydrogens is 386 g/mol. The lowest BCUT2D eigenvalue weighted by molar-refractivity contribution is 0.600. The third kappa shape index (κ3) is 2.93. The van der Waals surface area contributed by atoms with Gasteiger partial charge in [-0.05, 0) is 34.1 Å². The molecule has 0 spiro atoms. The number of anilines is 1. The molecule has 0 saturated heterocycles. The molecule has 1 heterocycles. The molecule has 1 aromatic carbocycles. The predicted molar refractivity (Wildman–Crippen MR) is 75.9 cm³/mol. The Kier molecular flexibility index (Phi) is 3.79. The van der Waals surface area contributed by atoms with E-state index in [1.807, 2.05) is 0 Å². The topological polar surface area (TPSA) is 64.0 Å². The highest BCUT2D eigenvalue weighted by molar-refractivity contribution is 9.11. The predicted octanol–water partition coefficient (Wildman–Crippen LogP) is 2.75. The quantitative estimate of drug-likeness (QED) is 0.870. The fraction of sp³-hybridized carbons (Fsp3) is 0.100. The molecule has 5 nitrogen and oxygen atoms in total. The van der Waals surface area contributed by atoms with Crippen LogP contribution in [0.3, 0.4) is 0 Å². The molecule has 0 unspecified atom stereocenters. The Hall–Kier alpha value is -0.860. The Morgan fingerprint density at radius 2 is 2.06 bits per heavy atom. The highest BCUT2D eigenvalue weighted by Gasteiger charge is 2.18. The standard InChI is InChI=1S/C10H9Br2N3O2S/c1-15-6-8(5-13-15)14-18(16,17)10-3-2-7(11)4-9(10)12/h2-6,14H,1H3. The van der Waals surface area contributed by atoms with Crippen LogP contribution in [-0.4, -0.2) is 18.2 Å². The first-order valence-electron chi connectivity index (χ1n) is 4.85. The Labute approximate surface area is 122 Å². The first-order valence-corrected chi connectivity index (χ1v) is 7.92. The van der Waals surface area contributed by atoms with Crippen LogP contribution in [0, 0.1) is 0 Å². The Morgan fingerprint density at radius 3 is 2.61 bits per heavy atom. The summed E-state index contributed by atoms with van der Waals surface area (Å²) in [4.78, 5) is 0.176. The third-order valence-electron chi connectivity index (χ3n) is 2.14. The number of aryl methyl sites for hydroxylation is 1. The number of nitrogens with zero attached hydrogens (tertiary/aromatic N) is 2. The molecule has 0 bridgehead atoms. The van der Waals surface area contributed by atoms with E-state index in [1.54, 1.807) is 25.4 Å². The van der Waals surface area contributed by atoms with Gasteiger partial charge in [0.25, 0.3) is 10.0 Å². The van der Waals surface area contributed by atoms with E-state index < -0.39 is 10.0 Å². The van der Waals surface area contributed by atoms with E-state index in [1.165, 1.54) is 16.9 Å². The smallest absolute Gasteiger partial charge is 0.263 e. The van der Waals surface area contributed by atoms with E-state index in [2.05, 4.69) is 41.7 Å². The minimum absolute atomic E-state index is 0.176. The van der Waals surface area contributed by atoms with Crippen LogP contribution in [0.2, 0.25) is 0 Å². The molecule has 0 aliphatic carbocycles. The number of nitrogens with one attached hydrogen (secondary N) is 1. The van der Waals surface area contributed by atoms with Gasteiger partial charge in [-0.15, -0.1) is 0 Å². The zero-order chi connectivity index (χ0) is 13.3. The van der Waals surface area contributed by atoms with Gasteiger partial charge in [-0.1, -0.05) is 15.9 Å². The van der Waals surface area contributed by atoms with Gasteiger partial charge in [-0.3, -0.25) is 9.40 Å². The molecule has 0 radical (unpaired) electrons. The molecule has 0 aliphatic rings. The highest BCUT2D eigenvalue weighted by atomic mass is 79.9. The Balaban J connectivity index is 2.36. The molecule has 0 aliphatic heterocycles. The summed E-state index contributed by atoms with van der Waals surface area (Å²) in [6.45, 7) is 0. The van der Waals surface area contributed by atoms with E-state index in [4.69, 9.17) is 0 Å². The maximum atomic E-state index is 12.1. The largest absolute Gasteiger partial charge is 0.276 e. The molecule has 0 saturated carbocycles. The van der Waals surface area contributed by atoms with Crippen molar-refractivity contribution in [3.05, 3.63) is 39.5 Å². The van der Waals surface area contributed by atoms with Gasteiger partial charge in [0.15, 0.2) is 0 Å². The van der Waals surface area contributed by atoms with Crippen molar-refractivity contribution < 1.29 is 8.42 Å². The van der Waals surface area contributed by atoms with Crippen molar-refractivity contribution in [1.29, 1.82) is 0 Å². The monoisotopic (exact) mass is 393 g/mol. The van der Waals surface area contributed by atoms with Gasteiger partial charge in [-0.25, -0.2) is 8.42 Å². The minimum Gasteiger partial charge on any atom is -0.276 e. The highest BCUT2D eigenvalue weighted by Crippen LogP contribution is 2.27. The maximum Gasteiger partial charge on any atom is 0.263 e. The van der Waals surface area contributed by atoms with E-state index >= 15 is 0 Å². The second-order valence-corrected chi connectivity index (χ2v) is 7.00. The third-order valence-corrected chi connectivity index (χ3v) is 4.99. The normalized spacial score (nSPS) is 11.5. The number of benzene rings is 1. The lowest BCUT2D eigenvalue weighted by Gasteiger charge is -2.07. The minimum atomic E-state index is -3.62. The first kappa shape index (κ1) is 13.6. The zero-order valence-electron chi connectivity index (χ0n) is 9.26. The summed E-state index contributed by atoms with van der Waals surface area (Å²) in [7, 11) is -1.90. The molecule has 96 valence electrons. The van der Waals surface area contributed by atoms with Gasteiger partial charge < -0.3 is 0 Å². The van der Waals surface area contributed by atoms with E-state index in [-0.39, 0.29) is 4.90 Å². The molecule has 0 amide bonds. The van der Waals surface area contributed by atoms with Crippen molar-refractivity contribution in [2.45, 2.75) is 4.90 Å². The fourth-order valence-corrected chi connectivity index (χ4v) is 4.15. The van der Waals surface area contributed by atoms with Gasteiger partial charge in [-0.2, -0.15) is 5.10 Å². The lowest BCUT2D eigenvalue weighted by Crippen LogP contribution is -2.13. The first-order chi connectivity index (χ1) is 8.38. The summed E-state index contributed by atoms with van der Waals surface area (Å²) in [5, 5.41) is 3.90. The fourth-order valence-electron chi connectivity index (χ4n) is 1.38. The molecule has 2 aromatic rings. The average Bonchev–Trinajstić information content (AvgIpc) is 2.62. The summed E-state index contributed by atoms with van der Waals surface area (Å²) in [5.41, 5.74) is 0.423. The van der Waals surface area contributed by atoms with Crippen LogP contribution in [0.25, 0.3) is 0 Å². The van der Waals surface area contributed by atoms with Gasteiger partial charge in [0, 0.05) is 22.2 Å². The zero-order valence-corrected chi connectivity index (χ0v) is 13.3. The molecule has 0 fully saturated rings. The molecular formula is C10H9Br2N3O2S. The molecule has 8 heteroatoms. The average molecular weight is 395 g/mol. The van der Waals surface area contributed by atoms with Gasteiger partial charge in [0.2, 0.25) is 0 Å². The maximum absolute atomic E-state index is 12.1. The second kappa shape index (κ2) is 5.02. The van der Waals surface area contributed by atoms with Gasteiger partial charge >= 0.3 is 0 Å². The molecule has 1 aromatic heterocycles. The summed E-state index contributed by atoms with van der Waals surface area (Å²) in [6, 6.07) is 4.87. The van der Waals surface area contributed by atoms with Crippen LogP contribution in [-0.2, 0) is 17.1 Å². The summed E-state index contributed by atoms with van der Waals surface area (Å²) in [5.74, 6) is 0. The summed E-state index contributed by atoms with van der Waals surface area (Å²) in [6.07, 6.45) is 3.04. The molecule has 18 heavy (non-hydrogen) atoms. The van der Waals surface area contributed by atoms with Crippen LogP contribution < -0.4 is 4.72 Å². The van der Waals surface area contributed by atoms with E-state index in [0.717, 1.165) is 4.47 Å². The van der Waals surface area contributed by atoms with Crippen molar-refractivity contribution in [2.24, 2.45) is 7.05 Å². The Bertz CT molecular complexity index is 682. The van der Waals surface area contributed by atoms with Crippen LogP contribution >= 0.6 is 31.9 Å². The summed E-state index contributed by atoms with van der Waals surface area (Å²) >= 11 is 6.51. The summed E-state index contributed by atoms with van der Waals surface area (Å²) < 4.78 is 29.6. The number of hydrogen-bond donors (Lipinski definition) is 1. The lowest BCUT2D eigenvalue weighted by atomic mass is 10.4. The second-order valence-electron chi connectivity index (χ2n) is 3.58. The Morgan fingerprint density at radius 1 is 1.33 bits per heavy atom. The van der Waals surface area contributed by atoms with Crippen LogP contribution in [0.5, 0.6) is 0 Å². The van der Waals surface area contributed by atoms with Crippen molar-refractivity contribution in [3.8, 4) is 0 Å². The van der Waals surface area contributed by atoms with Gasteiger partial charge in [0.05, 0.1) is 11.9 Å². The number of rotatable bonds is 3. The van der Waals surface area contributed by atoms with Gasteiger partial charge in [0.1, 0.15) is 4.90 Å². The van der Waals surface area contributed by atoms with E-state index in [0.29, 0.717) is 10.2 Å². The number of aromatic nitrogens is 2. The SMILES string of the molecule is Cn1cc(NS(=O)(=O)c2ccc(Br)cc2Br)cn1. The molecule has 1 N–H and O–H groups in total. The number of sulfonamides is 1. The van der Waals surface area contributed by atoms with Crippen molar-refractivity contribution in [3.63, 3.8) is 0 Å². The van der Waals surface area contributed by atoms with Crippen LogP contribution in [0.4, 0.5) is 5.69 Å². The molecule has 2 rings (SSSR count). The van der Waals surface area contributed by atoms with Crippen LogP contribution in [0.1, 0.15) is 0 Å².